The Labute approximate surface area is 197 Å². The fourth-order valence-corrected chi connectivity index (χ4v) is 4.43. The molecule has 1 atom stereocenters. The second kappa shape index (κ2) is 10.5. The normalized spacial score (nSPS) is 18.2. The molecule has 0 radical (unpaired) electrons. The molecule has 34 heavy (non-hydrogen) atoms. The second-order valence-corrected chi connectivity index (χ2v) is 8.41. The third-order valence-electron chi connectivity index (χ3n) is 6.32. The van der Waals surface area contributed by atoms with E-state index in [0.717, 1.165) is 11.1 Å². The number of furan rings is 1. The molecule has 1 aromatic heterocycles. The molecule has 0 saturated carbocycles. The molecular formula is C25H28N2O7. The second-order valence-electron chi connectivity index (χ2n) is 8.41. The van der Waals surface area contributed by atoms with Gasteiger partial charge in [-0.05, 0) is 43.0 Å². The van der Waals surface area contributed by atoms with Crippen molar-refractivity contribution in [2.45, 2.75) is 38.8 Å². The molecule has 2 aliphatic heterocycles. The van der Waals surface area contributed by atoms with Crippen molar-refractivity contribution < 1.29 is 33.1 Å². The van der Waals surface area contributed by atoms with Crippen molar-refractivity contribution in [2.75, 3.05) is 26.3 Å². The topological polar surface area (TPSA) is 106 Å². The van der Waals surface area contributed by atoms with Gasteiger partial charge in [-0.2, -0.15) is 0 Å². The summed E-state index contributed by atoms with van der Waals surface area (Å²) < 4.78 is 15.7. The Morgan fingerprint density at radius 1 is 0.971 bits per heavy atom. The Morgan fingerprint density at radius 3 is 2.38 bits per heavy atom. The van der Waals surface area contributed by atoms with E-state index in [2.05, 4.69) is 0 Å². The number of piperidine rings is 1. The highest BCUT2D eigenvalue weighted by molar-refractivity contribution is 5.95. The van der Waals surface area contributed by atoms with E-state index in [1.165, 1.54) is 11.2 Å². The van der Waals surface area contributed by atoms with Crippen LogP contribution in [0, 0.1) is 5.92 Å². The standard InChI is InChI=1S/C25H28N2O7/c1-2-32-24(30)17-9-11-26(12-10-17)22(28)16-34-25(31)20-14-18-6-3-4-7-19(18)15-27(20)23(29)21-8-5-13-33-21/h3-8,13,17,20H,2,9-12,14-16H2,1H3/t20-/m0/s1. The predicted molar refractivity (Wildman–Crippen MR) is 119 cm³/mol. The molecule has 1 saturated heterocycles. The lowest BCUT2D eigenvalue weighted by molar-refractivity contribution is -0.157. The molecule has 2 aliphatic rings. The lowest BCUT2D eigenvalue weighted by atomic mass is 9.93. The number of esters is 2. The highest BCUT2D eigenvalue weighted by Gasteiger charge is 2.37. The largest absolute Gasteiger partial charge is 0.466 e. The van der Waals surface area contributed by atoms with Crippen LogP contribution in [-0.2, 0) is 36.8 Å². The van der Waals surface area contributed by atoms with Crippen molar-refractivity contribution in [3.63, 3.8) is 0 Å². The number of hydrogen-bond donors (Lipinski definition) is 0. The zero-order valence-electron chi connectivity index (χ0n) is 19.1. The number of rotatable bonds is 6. The van der Waals surface area contributed by atoms with E-state index in [1.807, 2.05) is 24.3 Å². The van der Waals surface area contributed by atoms with Gasteiger partial charge in [0.2, 0.25) is 0 Å². The lowest BCUT2D eigenvalue weighted by Gasteiger charge is -2.35. The minimum Gasteiger partial charge on any atom is -0.466 e. The maximum absolute atomic E-state index is 13.0. The van der Waals surface area contributed by atoms with Crippen LogP contribution in [-0.4, -0.2) is 65.9 Å². The van der Waals surface area contributed by atoms with Crippen LogP contribution >= 0.6 is 0 Å². The molecule has 0 aliphatic carbocycles. The van der Waals surface area contributed by atoms with Gasteiger partial charge in [0.15, 0.2) is 12.4 Å². The summed E-state index contributed by atoms with van der Waals surface area (Å²) in [4.78, 5) is 53.6. The number of likely N-dealkylation sites (tertiary alicyclic amines) is 1. The Bertz CT molecular complexity index is 1040. The van der Waals surface area contributed by atoms with Crippen LogP contribution in [0.1, 0.15) is 41.4 Å². The molecular weight excluding hydrogens is 440 g/mol. The number of nitrogens with zero attached hydrogens (tertiary/aromatic N) is 2. The van der Waals surface area contributed by atoms with Gasteiger partial charge in [-0.15, -0.1) is 0 Å². The molecule has 2 aromatic rings. The van der Waals surface area contributed by atoms with Crippen molar-refractivity contribution >= 4 is 23.8 Å². The van der Waals surface area contributed by atoms with Crippen LogP contribution in [0.15, 0.2) is 47.1 Å². The van der Waals surface area contributed by atoms with Gasteiger partial charge >= 0.3 is 11.9 Å². The summed E-state index contributed by atoms with van der Waals surface area (Å²) in [5.41, 5.74) is 1.91. The molecule has 4 rings (SSSR count). The van der Waals surface area contributed by atoms with Crippen molar-refractivity contribution in [3.8, 4) is 0 Å². The molecule has 9 nitrogen and oxygen atoms in total. The van der Waals surface area contributed by atoms with Crippen LogP contribution in [0.3, 0.4) is 0 Å². The Hall–Kier alpha value is -3.62. The van der Waals surface area contributed by atoms with Crippen molar-refractivity contribution in [1.82, 2.24) is 9.80 Å². The summed E-state index contributed by atoms with van der Waals surface area (Å²) in [6.45, 7) is 2.73. The van der Waals surface area contributed by atoms with E-state index in [1.54, 1.807) is 24.0 Å². The Kier molecular flexibility index (Phi) is 7.30. The van der Waals surface area contributed by atoms with Crippen LogP contribution in [0.5, 0.6) is 0 Å². The number of ether oxygens (including phenoxy) is 2. The van der Waals surface area contributed by atoms with E-state index >= 15 is 0 Å². The van der Waals surface area contributed by atoms with Gasteiger partial charge in [-0.3, -0.25) is 14.4 Å². The highest BCUT2D eigenvalue weighted by atomic mass is 16.5. The smallest absolute Gasteiger partial charge is 0.329 e. The van der Waals surface area contributed by atoms with E-state index in [0.29, 0.717) is 39.0 Å². The fourth-order valence-electron chi connectivity index (χ4n) is 4.43. The lowest BCUT2D eigenvalue weighted by Crippen LogP contribution is -2.50. The first-order valence-electron chi connectivity index (χ1n) is 11.5. The predicted octanol–water partition coefficient (Wildman–Crippen LogP) is 2.19. The quantitative estimate of drug-likeness (QED) is 0.598. The number of amides is 2. The third-order valence-corrected chi connectivity index (χ3v) is 6.32. The fraction of sp³-hybridized carbons (Fsp3) is 0.440. The van der Waals surface area contributed by atoms with Gasteiger partial charge in [0.25, 0.3) is 11.8 Å². The summed E-state index contributed by atoms with van der Waals surface area (Å²) in [6.07, 6.45) is 2.73. The van der Waals surface area contributed by atoms with Gasteiger partial charge in [-0.1, -0.05) is 24.3 Å². The number of hydrogen-bond acceptors (Lipinski definition) is 7. The average molecular weight is 469 g/mol. The molecule has 0 bridgehead atoms. The Morgan fingerprint density at radius 2 is 1.71 bits per heavy atom. The van der Waals surface area contributed by atoms with E-state index in [9.17, 15) is 19.2 Å². The zero-order chi connectivity index (χ0) is 24.1. The molecule has 0 unspecified atom stereocenters. The van der Waals surface area contributed by atoms with Gasteiger partial charge < -0.3 is 23.7 Å². The summed E-state index contributed by atoms with van der Waals surface area (Å²) in [7, 11) is 0. The first-order chi connectivity index (χ1) is 16.5. The molecule has 1 fully saturated rings. The van der Waals surface area contributed by atoms with Gasteiger partial charge in [0.05, 0.1) is 18.8 Å². The average Bonchev–Trinajstić information content (AvgIpc) is 3.41. The number of carbonyl (C=O) groups is 4. The van der Waals surface area contributed by atoms with E-state index in [-0.39, 0.29) is 30.1 Å². The molecule has 3 heterocycles. The summed E-state index contributed by atoms with van der Waals surface area (Å²) in [6, 6.07) is 9.91. The minimum absolute atomic E-state index is 0.137. The molecule has 0 spiro atoms. The zero-order valence-corrected chi connectivity index (χ0v) is 19.1. The van der Waals surface area contributed by atoms with Gasteiger partial charge in [0.1, 0.15) is 6.04 Å². The maximum Gasteiger partial charge on any atom is 0.329 e. The van der Waals surface area contributed by atoms with Crippen molar-refractivity contribution in [1.29, 1.82) is 0 Å². The first-order valence-corrected chi connectivity index (χ1v) is 11.5. The van der Waals surface area contributed by atoms with E-state index in [4.69, 9.17) is 13.9 Å². The summed E-state index contributed by atoms with van der Waals surface area (Å²) in [5, 5.41) is 0. The van der Waals surface area contributed by atoms with Crippen LogP contribution in [0.4, 0.5) is 0 Å². The molecule has 0 N–H and O–H groups in total. The Balaban J connectivity index is 1.37. The maximum atomic E-state index is 13.0. The van der Waals surface area contributed by atoms with Crippen LogP contribution < -0.4 is 0 Å². The summed E-state index contributed by atoms with van der Waals surface area (Å²) >= 11 is 0. The van der Waals surface area contributed by atoms with Crippen molar-refractivity contribution in [3.05, 3.63) is 59.5 Å². The van der Waals surface area contributed by atoms with Crippen molar-refractivity contribution in [2.24, 2.45) is 5.92 Å². The number of fused-ring (bicyclic) bond motifs is 1. The number of carbonyl (C=O) groups excluding carboxylic acids is 4. The van der Waals surface area contributed by atoms with Gasteiger partial charge in [0, 0.05) is 26.1 Å². The molecule has 2 amide bonds. The number of benzene rings is 1. The summed E-state index contributed by atoms with van der Waals surface area (Å²) in [5.74, 6) is -1.68. The molecule has 180 valence electrons. The van der Waals surface area contributed by atoms with E-state index < -0.39 is 24.5 Å². The molecule has 1 aromatic carbocycles. The first kappa shape index (κ1) is 23.5. The SMILES string of the molecule is CCOC(=O)C1CCN(C(=O)COC(=O)[C@@H]2Cc3ccccc3CN2C(=O)c2ccco2)CC1. The minimum atomic E-state index is -0.866. The van der Waals surface area contributed by atoms with Crippen LogP contribution in [0.25, 0.3) is 0 Å². The molecule has 9 heteroatoms. The monoisotopic (exact) mass is 468 g/mol. The highest BCUT2D eigenvalue weighted by Crippen LogP contribution is 2.26. The van der Waals surface area contributed by atoms with Gasteiger partial charge in [-0.25, -0.2) is 4.79 Å². The van der Waals surface area contributed by atoms with Crippen LogP contribution in [0.2, 0.25) is 0 Å². The third kappa shape index (κ3) is 5.13.